The van der Waals surface area contributed by atoms with Gasteiger partial charge in [0.25, 0.3) is 0 Å². The molecule has 0 aliphatic heterocycles. The molecule has 78 valence electrons. The number of nitrogen functional groups attached to an aromatic ring is 1. The van der Waals surface area contributed by atoms with Gasteiger partial charge in [0, 0.05) is 3.57 Å². The van der Waals surface area contributed by atoms with Crippen LogP contribution in [0.2, 0.25) is 5.02 Å². The van der Waals surface area contributed by atoms with E-state index in [1.165, 1.54) is 11.3 Å². The van der Waals surface area contributed by atoms with Gasteiger partial charge in [-0.2, -0.15) is 0 Å². The van der Waals surface area contributed by atoms with Crippen molar-refractivity contribution < 1.29 is 0 Å². The highest BCUT2D eigenvalue weighted by Crippen LogP contribution is 2.29. The lowest BCUT2D eigenvalue weighted by atomic mass is 10.3. The molecule has 0 spiro atoms. The van der Waals surface area contributed by atoms with Crippen LogP contribution in [0.3, 0.4) is 0 Å². The molecule has 2 aromatic rings. The predicted octanol–water partition coefficient (Wildman–Crippen LogP) is 3.73. The number of nitrogens with zero attached hydrogens (tertiary/aromatic N) is 1. The molecule has 0 fully saturated rings. The number of benzene rings is 1. The van der Waals surface area contributed by atoms with Crippen molar-refractivity contribution in [1.29, 1.82) is 0 Å². The Kier molecular flexibility index (Phi) is 3.32. The Balaban J connectivity index is 2.24. The van der Waals surface area contributed by atoms with Crippen LogP contribution in [0, 0.1) is 3.57 Å². The summed E-state index contributed by atoms with van der Waals surface area (Å²) < 4.78 is 1.10. The molecule has 0 amide bonds. The van der Waals surface area contributed by atoms with Crippen LogP contribution in [0.5, 0.6) is 0 Å². The van der Waals surface area contributed by atoms with Crippen molar-refractivity contribution in [2.24, 2.45) is 0 Å². The van der Waals surface area contributed by atoms with Crippen molar-refractivity contribution in [2.75, 3.05) is 11.1 Å². The normalized spacial score (nSPS) is 10.3. The van der Waals surface area contributed by atoms with Crippen LogP contribution in [-0.4, -0.2) is 4.98 Å². The molecule has 1 aromatic heterocycles. The Morgan fingerprint density at radius 1 is 1.47 bits per heavy atom. The standard InChI is InChI=1S/C9H7ClIN3S/c10-6-3-5(11)1-2-7(6)14-9-13-4-8(12)15-9/h1-4H,12H2,(H,13,14). The molecular formula is C9H7ClIN3S. The fraction of sp³-hybridized carbons (Fsp3) is 0. The third-order valence-corrected chi connectivity index (χ3v) is 3.42. The molecule has 15 heavy (non-hydrogen) atoms. The van der Waals surface area contributed by atoms with Gasteiger partial charge in [-0.1, -0.05) is 22.9 Å². The maximum Gasteiger partial charge on any atom is 0.189 e. The number of hydrogen-bond acceptors (Lipinski definition) is 4. The highest BCUT2D eigenvalue weighted by Gasteiger charge is 2.03. The fourth-order valence-corrected chi connectivity index (χ4v) is 2.55. The highest BCUT2D eigenvalue weighted by molar-refractivity contribution is 14.1. The number of hydrogen-bond donors (Lipinski definition) is 2. The van der Waals surface area contributed by atoms with Crippen LogP contribution in [0.4, 0.5) is 15.8 Å². The summed E-state index contributed by atoms with van der Waals surface area (Å²) in [6.07, 6.45) is 1.62. The first-order valence-electron chi connectivity index (χ1n) is 4.08. The van der Waals surface area contributed by atoms with Gasteiger partial charge in [0.2, 0.25) is 0 Å². The van der Waals surface area contributed by atoms with E-state index >= 15 is 0 Å². The molecule has 0 saturated heterocycles. The van der Waals surface area contributed by atoms with Crippen LogP contribution >= 0.6 is 45.5 Å². The van der Waals surface area contributed by atoms with Crippen LogP contribution in [0.25, 0.3) is 0 Å². The molecule has 0 atom stereocenters. The van der Waals surface area contributed by atoms with Crippen LogP contribution in [0.15, 0.2) is 24.4 Å². The lowest BCUT2D eigenvalue weighted by Crippen LogP contribution is -1.90. The number of rotatable bonds is 2. The fourth-order valence-electron chi connectivity index (χ4n) is 1.05. The molecule has 0 aliphatic carbocycles. The Morgan fingerprint density at radius 3 is 2.87 bits per heavy atom. The summed E-state index contributed by atoms with van der Waals surface area (Å²) in [4.78, 5) is 4.10. The summed E-state index contributed by atoms with van der Waals surface area (Å²) in [5.74, 6) is 0. The lowest BCUT2D eigenvalue weighted by Gasteiger charge is -2.04. The van der Waals surface area contributed by atoms with Crippen molar-refractivity contribution in [3.8, 4) is 0 Å². The number of anilines is 3. The molecule has 1 aromatic carbocycles. The molecule has 0 radical (unpaired) electrons. The van der Waals surface area contributed by atoms with Gasteiger partial charge in [0.15, 0.2) is 5.13 Å². The zero-order valence-corrected chi connectivity index (χ0v) is 11.2. The topological polar surface area (TPSA) is 50.9 Å². The summed E-state index contributed by atoms with van der Waals surface area (Å²) in [6.45, 7) is 0. The van der Waals surface area contributed by atoms with Crippen molar-refractivity contribution in [3.63, 3.8) is 0 Å². The largest absolute Gasteiger partial charge is 0.389 e. The van der Waals surface area contributed by atoms with Crippen LogP contribution in [-0.2, 0) is 0 Å². The zero-order valence-electron chi connectivity index (χ0n) is 7.50. The van der Waals surface area contributed by atoms with Crippen LogP contribution in [0.1, 0.15) is 0 Å². The van der Waals surface area contributed by atoms with E-state index in [9.17, 15) is 0 Å². The molecular weight excluding hydrogens is 345 g/mol. The van der Waals surface area contributed by atoms with Gasteiger partial charge < -0.3 is 11.1 Å². The average Bonchev–Trinajstić information content (AvgIpc) is 2.56. The second-order valence-corrected chi connectivity index (χ2v) is 5.53. The summed E-state index contributed by atoms with van der Waals surface area (Å²) in [7, 11) is 0. The Morgan fingerprint density at radius 2 is 2.27 bits per heavy atom. The first-order chi connectivity index (χ1) is 7.15. The first kappa shape index (κ1) is 11.0. The maximum absolute atomic E-state index is 6.06. The molecule has 1 heterocycles. The molecule has 3 N–H and O–H groups in total. The van der Waals surface area contributed by atoms with E-state index in [1.54, 1.807) is 6.20 Å². The van der Waals surface area contributed by atoms with Crippen LogP contribution < -0.4 is 11.1 Å². The number of aromatic nitrogens is 1. The number of nitrogens with two attached hydrogens (primary N) is 1. The predicted molar refractivity (Wildman–Crippen MR) is 74.0 cm³/mol. The molecule has 0 aliphatic rings. The van der Waals surface area contributed by atoms with Crippen molar-refractivity contribution in [2.45, 2.75) is 0 Å². The van der Waals surface area contributed by atoms with E-state index in [0.717, 1.165) is 14.4 Å². The minimum absolute atomic E-state index is 0.677. The smallest absolute Gasteiger partial charge is 0.189 e. The van der Waals surface area contributed by atoms with Gasteiger partial charge in [-0.05, 0) is 40.8 Å². The van der Waals surface area contributed by atoms with Gasteiger partial charge in [-0.3, -0.25) is 0 Å². The summed E-state index contributed by atoms with van der Waals surface area (Å²) in [5.41, 5.74) is 6.42. The van der Waals surface area contributed by atoms with Gasteiger partial charge in [0.1, 0.15) is 5.00 Å². The third kappa shape index (κ3) is 2.73. The Labute approximate surface area is 110 Å². The summed E-state index contributed by atoms with van der Waals surface area (Å²) in [6, 6.07) is 5.79. The summed E-state index contributed by atoms with van der Waals surface area (Å²) in [5, 5.41) is 5.21. The van der Waals surface area contributed by atoms with Crippen molar-refractivity contribution in [1.82, 2.24) is 4.98 Å². The second-order valence-electron chi connectivity index (χ2n) is 2.82. The second kappa shape index (κ2) is 4.54. The number of nitrogens with one attached hydrogen (secondary N) is 1. The minimum Gasteiger partial charge on any atom is -0.389 e. The third-order valence-electron chi connectivity index (χ3n) is 1.70. The monoisotopic (exact) mass is 351 g/mol. The van der Waals surface area contributed by atoms with E-state index in [4.69, 9.17) is 17.3 Å². The van der Waals surface area contributed by atoms with E-state index in [0.29, 0.717) is 10.0 Å². The van der Waals surface area contributed by atoms with E-state index in [-0.39, 0.29) is 0 Å². The maximum atomic E-state index is 6.06. The molecule has 6 heteroatoms. The van der Waals surface area contributed by atoms with Gasteiger partial charge in [-0.15, -0.1) is 0 Å². The molecule has 2 rings (SSSR count). The van der Waals surface area contributed by atoms with E-state index < -0.39 is 0 Å². The van der Waals surface area contributed by atoms with Crippen molar-refractivity contribution >= 4 is 61.3 Å². The SMILES string of the molecule is Nc1cnc(Nc2ccc(I)cc2Cl)s1. The quantitative estimate of drug-likeness (QED) is 0.811. The summed E-state index contributed by atoms with van der Waals surface area (Å²) >= 11 is 9.67. The Bertz CT molecular complexity index is 486. The van der Waals surface area contributed by atoms with E-state index in [1.807, 2.05) is 18.2 Å². The molecule has 0 saturated carbocycles. The first-order valence-corrected chi connectivity index (χ1v) is 6.36. The average molecular weight is 352 g/mol. The Hall–Kier alpha value is -0.530. The minimum atomic E-state index is 0.677. The molecule has 0 unspecified atom stereocenters. The highest BCUT2D eigenvalue weighted by atomic mass is 127. The van der Waals surface area contributed by atoms with Gasteiger partial charge in [0.05, 0.1) is 16.9 Å². The number of halogens is 2. The van der Waals surface area contributed by atoms with Gasteiger partial charge in [-0.25, -0.2) is 4.98 Å². The van der Waals surface area contributed by atoms with Gasteiger partial charge >= 0.3 is 0 Å². The molecule has 3 nitrogen and oxygen atoms in total. The van der Waals surface area contributed by atoms with Crippen molar-refractivity contribution in [3.05, 3.63) is 33.0 Å². The van der Waals surface area contributed by atoms with E-state index in [2.05, 4.69) is 32.9 Å². The number of thiazole rings is 1. The lowest BCUT2D eigenvalue weighted by molar-refractivity contribution is 1.39. The molecule has 0 bridgehead atoms. The zero-order chi connectivity index (χ0) is 10.8.